The quantitative estimate of drug-likeness (QED) is 0.656. The summed E-state index contributed by atoms with van der Waals surface area (Å²) >= 11 is 3.06. The average molecular weight is 274 g/mol. The molecule has 17 heavy (non-hydrogen) atoms. The van der Waals surface area contributed by atoms with Crippen molar-refractivity contribution in [2.75, 3.05) is 12.4 Å². The first kappa shape index (κ1) is 14.2. The summed E-state index contributed by atoms with van der Waals surface area (Å²) in [4.78, 5) is 11.5. The van der Waals surface area contributed by atoms with Crippen LogP contribution in [0.1, 0.15) is 10.4 Å². The highest BCUT2D eigenvalue weighted by molar-refractivity contribution is 7.98. The lowest BCUT2D eigenvalue weighted by molar-refractivity contribution is -0.131. The Labute approximate surface area is 108 Å². The molecule has 1 rings (SSSR count). The number of thiophene rings is 1. The second-order valence-electron chi connectivity index (χ2n) is 3.32. The van der Waals surface area contributed by atoms with Crippen LogP contribution in [0.25, 0.3) is 6.08 Å². The number of aliphatic hydroxyl groups is 2. The number of hydrogen-bond acceptors (Lipinski definition) is 5. The molecule has 0 aromatic carbocycles. The van der Waals surface area contributed by atoms with Crippen LogP contribution in [0, 0.1) is 0 Å². The molecular weight excluding hydrogens is 260 g/mol. The summed E-state index contributed by atoms with van der Waals surface area (Å²) < 4.78 is 0. The molecule has 0 fully saturated rings. The van der Waals surface area contributed by atoms with Crippen molar-refractivity contribution in [1.82, 2.24) is 0 Å². The molecular formula is C11H14O4S2. The van der Waals surface area contributed by atoms with E-state index >= 15 is 0 Å². The zero-order valence-corrected chi connectivity index (χ0v) is 10.7. The summed E-state index contributed by atoms with van der Waals surface area (Å²) in [5.74, 6) is 0.204. The first-order valence-corrected chi connectivity index (χ1v) is 7.01. The van der Waals surface area contributed by atoms with Crippen molar-refractivity contribution in [1.29, 1.82) is 0 Å². The molecule has 1 unspecified atom stereocenters. The average Bonchev–Trinajstić information content (AvgIpc) is 2.73. The van der Waals surface area contributed by atoms with Gasteiger partial charge < -0.3 is 15.3 Å². The highest BCUT2D eigenvalue weighted by Crippen LogP contribution is 2.24. The van der Waals surface area contributed by atoms with Gasteiger partial charge in [0, 0.05) is 22.5 Å². The third kappa shape index (κ3) is 5.36. The summed E-state index contributed by atoms with van der Waals surface area (Å²) in [7, 11) is 0. The third-order valence-electron chi connectivity index (χ3n) is 1.94. The Hall–Kier alpha value is -0.820. The number of carboxylic acids is 1. The molecule has 4 nitrogen and oxygen atoms in total. The molecule has 1 aromatic rings. The van der Waals surface area contributed by atoms with Crippen LogP contribution in [0.5, 0.6) is 0 Å². The van der Waals surface area contributed by atoms with E-state index in [9.17, 15) is 9.90 Å². The molecule has 1 heterocycles. The van der Waals surface area contributed by atoms with E-state index in [0.29, 0.717) is 11.5 Å². The van der Waals surface area contributed by atoms with Crippen LogP contribution in [-0.2, 0) is 10.5 Å². The summed E-state index contributed by atoms with van der Waals surface area (Å²) in [5.41, 5.74) is 0.892. The van der Waals surface area contributed by atoms with Crippen LogP contribution in [0.4, 0.5) is 0 Å². The minimum absolute atomic E-state index is 0.233. The van der Waals surface area contributed by atoms with Crippen molar-refractivity contribution in [2.45, 2.75) is 11.9 Å². The number of thioether (sulfide) groups is 1. The van der Waals surface area contributed by atoms with Gasteiger partial charge in [-0.25, -0.2) is 4.79 Å². The number of carbonyl (C=O) groups is 1. The summed E-state index contributed by atoms with van der Waals surface area (Å²) in [5, 5.41) is 28.3. The Morgan fingerprint density at radius 1 is 1.59 bits per heavy atom. The van der Waals surface area contributed by atoms with E-state index in [0.717, 1.165) is 16.5 Å². The third-order valence-corrected chi connectivity index (χ3v) is 4.17. The molecule has 1 atom stereocenters. The number of rotatable bonds is 7. The number of hydrogen-bond donors (Lipinski definition) is 3. The highest BCUT2D eigenvalue weighted by atomic mass is 32.2. The topological polar surface area (TPSA) is 77.8 Å². The molecule has 0 aliphatic carbocycles. The van der Waals surface area contributed by atoms with Crippen molar-refractivity contribution in [3.63, 3.8) is 0 Å². The predicted molar refractivity (Wildman–Crippen MR) is 70.2 cm³/mol. The summed E-state index contributed by atoms with van der Waals surface area (Å²) in [6, 6.07) is 1.86. The lowest BCUT2D eigenvalue weighted by Crippen LogP contribution is -2.14. The fraction of sp³-hybridized carbons (Fsp3) is 0.364. The number of aliphatic carboxylic acids is 1. The molecule has 0 bridgehead atoms. The molecule has 0 saturated heterocycles. The van der Waals surface area contributed by atoms with Crippen molar-refractivity contribution < 1.29 is 20.1 Å². The Morgan fingerprint density at radius 3 is 3.00 bits per heavy atom. The zero-order valence-electron chi connectivity index (χ0n) is 9.07. The minimum atomic E-state index is -0.967. The molecule has 0 saturated carbocycles. The Bertz CT molecular complexity index is 387. The van der Waals surface area contributed by atoms with Crippen LogP contribution >= 0.6 is 23.1 Å². The number of aliphatic hydroxyl groups excluding tert-OH is 2. The molecule has 0 radical (unpaired) electrons. The van der Waals surface area contributed by atoms with Gasteiger partial charge in [-0.05, 0) is 23.1 Å². The molecule has 0 spiro atoms. The monoisotopic (exact) mass is 274 g/mol. The first-order chi connectivity index (χ1) is 8.13. The SMILES string of the molecule is O=C(O)C=Cc1ccsc1CSCC(O)CO. The van der Waals surface area contributed by atoms with Gasteiger partial charge in [-0.15, -0.1) is 11.3 Å². The molecule has 0 amide bonds. The fourth-order valence-corrected chi connectivity index (χ4v) is 3.14. The van der Waals surface area contributed by atoms with E-state index in [1.54, 1.807) is 17.4 Å². The van der Waals surface area contributed by atoms with E-state index in [-0.39, 0.29) is 6.61 Å². The largest absolute Gasteiger partial charge is 0.478 e. The van der Waals surface area contributed by atoms with Gasteiger partial charge in [-0.3, -0.25) is 0 Å². The van der Waals surface area contributed by atoms with E-state index in [4.69, 9.17) is 10.2 Å². The van der Waals surface area contributed by atoms with Crippen molar-refractivity contribution in [2.24, 2.45) is 0 Å². The van der Waals surface area contributed by atoms with E-state index in [1.165, 1.54) is 11.8 Å². The van der Waals surface area contributed by atoms with Gasteiger partial charge in [0.25, 0.3) is 0 Å². The second-order valence-corrected chi connectivity index (χ2v) is 5.35. The van der Waals surface area contributed by atoms with Crippen LogP contribution in [0.15, 0.2) is 17.5 Å². The highest BCUT2D eigenvalue weighted by Gasteiger charge is 2.05. The van der Waals surface area contributed by atoms with Crippen molar-refractivity contribution in [3.8, 4) is 0 Å². The van der Waals surface area contributed by atoms with E-state index in [2.05, 4.69) is 0 Å². The second kappa shape index (κ2) is 7.50. The number of carboxylic acid groups (broad SMARTS) is 1. The molecule has 1 aromatic heterocycles. The molecule has 0 aliphatic rings. The Kier molecular flexibility index (Phi) is 6.28. The van der Waals surface area contributed by atoms with Gasteiger partial charge in [0.05, 0.1) is 12.7 Å². The maximum atomic E-state index is 10.4. The maximum Gasteiger partial charge on any atom is 0.328 e. The van der Waals surface area contributed by atoms with E-state index in [1.807, 2.05) is 11.4 Å². The van der Waals surface area contributed by atoms with Crippen LogP contribution in [0.3, 0.4) is 0 Å². The fourth-order valence-electron chi connectivity index (χ4n) is 1.12. The van der Waals surface area contributed by atoms with Crippen LogP contribution < -0.4 is 0 Å². The van der Waals surface area contributed by atoms with Gasteiger partial charge >= 0.3 is 5.97 Å². The van der Waals surface area contributed by atoms with Gasteiger partial charge in [0.2, 0.25) is 0 Å². The lowest BCUT2D eigenvalue weighted by atomic mass is 10.2. The van der Waals surface area contributed by atoms with Gasteiger partial charge in [-0.1, -0.05) is 0 Å². The smallest absolute Gasteiger partial charge is 0.328 e. The minimum Gasteiger partial charge on any atom is -0.478 e. The van der Waals surface area contributed by atoms with Gasteiger partial charge in [0.15, 0.2) is 0 Å². The Morgan fingerprint density at radius 2 is 2.35 bits per heavy atom. The van der Waals surface area contributed by atoms with Crippen molar-refractivity contribution >= 4 is 35.1 Å². The van der Waals surface area contributed by atoms with Crippen LogP contribution in [-0.4, -0.2) is 39.8 Å². The lowest BCUT2D eigenvalue weighted by Gasteiger charge is -2.05. The van der Waals surface area contributed by atoms with Crippen molar-refractivity contribution in [3.05, 3.63) is 28.0 Å². The predicted octanol–water partition coefficient (Wildman–Crippen LogP) is 1.43. The van der Waals surface area contributed by atoms with Gasteiger partial charge in [0.1, 0.15) is 0 Å². The molecule has 94 valence electrons. The normalized spacial score (nSPS) is 13.1. The zero-order chi connectivity index (χ0) is 12.7. The van der Waals surface area contributed by atoms with Gasteiger partial charge in [-0.2, -0.15) is 11.8 Å². The van der Waals surface area contributed by atoms with Crippen LogP contribution in [0.2, 0.25) is 0 Å². The van der Waals surface area contributed by atoms with E-state index < -0.39 is 12.1 Å². The summed E-state index contributed by atoms with van der Waals surface area (Å²) in [6.45, 7) is -0.233. The maximum absolute atomic E-state index is 10.4. The molecule has 0 aliphatic heterocycles. The standard InChI is InChI=1S/C11H14O4S2/c12-5-9(13)6-16-7-10-8(3-4-17-10)1-2-11(14)15/h1-4,9,12-13H,5-7H2,(H,14,15). The first-order valence-electron chi connectivity index (χ1n) is 4.97. The Balaban J connectivity index is 2.48. The summed E-state index contributed by atoms with van der Waals surface area (Å²) in [6.07, 6.45) is 1.98. The molecule has 3 N–H and O–H groups in total. The molecule has 6 heteroatoms.